The van der Waals surface area contributed by atoms with Gasteiger partial charge in [-0.3, -0.25) is 0 Å². The van der Waals surface area contributed by atoms with E-state index in [2.05, 4.69) is 10.2 Å². The van der Waals surface area contributed by atoms with Crippen LogP contribution < -0.4 is 5.73 Å². The lowest BCUT2D eigenvalue weighted by molar-refractivity contribution is 0.496. The van der Waals surface area contributed by atoms with Gasteiger partial charge in [0.1, 0.15) is 11.6 Å². The number of hydrogen-bond acceptors (Lipinski definition) is 3. The molecular weight excluding hydrogens is 250 g/mol. The molecule has 0 amide bonds. The van der Waals surface area contributed by atoms with Crippen molar-refractivity contribution in [3.05, 3.63) is 47.0 Å². The number of nitrogens with two attached hydrogens (primary N) is 1. The Kier molecular flexibility index (Phi) is 3.90. The van der Waals surface area contributed by atoms with Crippen LogP contribution in [0.3, 0.4) is 0 Å². The Hall–Kier alpha value is -1.82. The molecule has 4 nitrogen and oxygen atoms in total. The van der Waals surface area contributed by atoms with Gasteiger partial charge in [-0.05, 0) is 25.5 Å². The van der Waals surface area contributed by atoms with Gasteiger partial charge >= 0.3 is 0 Å². The molecule has 1 aromatic heterocycles. The molecule has 0 aliphatic rings. The second-order valence-corrected chi connectivity index (χ2v) is 4.59. The van der Waals surface area contributed by atoms with Gasteiger partial charge in [-0.2, -0.15) is 0 Å². The molecular formula is C13H16F2N4. The van der Waals surface area contributed by atoms with Gasteiger partial charge in [0.05, 0.1) is 6.54 Å². The van der Waals surface area contributed by atoms with Crippen LogP contribution in [0.5, 0.6) is 0 Å². The lowest BCUT2D eigenvalue weighted by atomic mass is 10.1. The zero-order valence-electron chi connectivity index (χ0n) is 10.9. The molecule has 0 aliphatic carbocycles. The van der Waals surface area contributed by atoms with E-state index in [1.54, 1.807) is 6.07 Å². The number of nitrogens with zero attached hydrogens (tertiary/aromatic N) is 3. The van der Waals surface area contributed by atoms with Crippen molar-refractivity contribution >= 4 is 0 Å². The first-order valence-corrected chi connectivity index (χ1v) is 6.10. The smallest absolute Gasteiger partial charge is 0.162 e. The molecule has 6 heteroatoms. The van der Waals surface area contributed by atoms with E-state index in [1.807, 2.05) is 18.4 Å². The van der Waals surface area contributed by atoms with Crippen LogP contribution in [-0.4, -0.2) is 14.8 Å². The standard InChI is InChI=1S/C13H16F2N4/c1-8(2)19-11(17-18-12(19)7-16)6-9-4-3-5-10(14)13(9)15/h3-5,8H,6-7,16H2,1-2H3. The van der Waals surface area contributed by atoms with Crippen molar-refractivity contribution in [2.24, 2.45) is 5.73 Å². The summed E-state index contributed by atoms with van der Waals surface area (Å²) in [4.78, 5) is 0. The molecule has 102 valence electrons. The highest BCUT2D eigenvalue weighted by Gasteiger charge is 2.16. The van der Waals surface area contributed by atoms with Gasteiger partial charge in [0, 0.05) is 12.5 Å². The molecule has 1 aromatic carbocycles. The summed E-state index contributed by atoms with van der Waals surface area (Å²) in [6.45, 7) is 4.19. The summed E-state index contributed by atoms with van der Waals surface area (Å²) in [6.07, 6.45) is 0.189. The second kappa shape index (κ2) is 5.44. The SMILES string of the molecule is CC(C)n1c(CN)nnc1Cc1cccc(F)c1F. The number of benzene rings is 1. The summed E-state index contributed by atoms with van der Waals surface area (Å²) in [6, 6.07) is 4.23. The van der Waals surface area contributed by atoms with Crippen molar-refractivity contribution in [3.8, 4) is 0 Å². The van der Waals surface area contributed by atoms with E-state index in [0.717, 1.165) is 6.07 Å². The maximum atomic E-state index is 13.7. The second-order valence-electron chi connectivity index (χ2n) is 4.59. The van der Waals surface area contributed by atoms with Gasteiger partial charge in [0.2, 0.25) is 0 Å². The van der Waals surface area contributed by atoms with E-state index in [1.165, 1.54) is 6.07 Å². The van der Waals surface area contributed by atoms with E-state index >= 15 is 0 Å². The third-order valence-electron chi connectivity index (χ3n) is 2.92. The van der Waals surface area contributed by atoms with Crippen LogP contribution in [0.25, 0.3) is 0 Å². The van der Waals surface area contributed by atoms with E-state index < -0.39 is 11.6 Å². The molecule has 0 saturated carbocycles. The molecule has 1 heterocycles. The first-order chi connectivity index (χ1) is 9.04. The Labute approximate surface area is 110 Å². The van der Waals surface area contributed by atoms with E-state index in [4.69, 9.17) is 5.73 Å². The van der Waals surface area contributed by atoms with E-state index in [9.17, 15) is 8.78 Å². The summed E-state index contributed by atoms with van der Waals surface area (Å²) >= 11 is 0. The summed E-state index contributed by atoms with van der Waals surface area (Å²) in [5, 5.41) is 7.99. The Balaban J connectivity index is 2.38. The molecule has 0 fully saturated rings. The maximum Gasteiger partial charge on any atom is 0.162 e. The van der Waals surface area contributed by atoms with Crippen LogP contribution in [-0.2, 0) is 13.0 Å². The average Bonchev–Trinajstić information content (AvgIpc) is 2.78. The molecule has 0 radical (unpaired) electrons. The third kappa shape index (κ3) is 2.63. The molecule has 19 heavy (non-hydrogen) atoms. The predicted octanol–water partition coefficient (Wildman–Crippen LogP) is 2.19. The minimum atomic E-state index is -0.854. The number of halogens is 2. The van der Waals surface area contributed by atoms with Crippen molar-refractivity contribution < 1.29 is 8.78 Å². The summed E-state index contributed by atoms with van der Waals surface area (Å²) in [5.41, 5.74) is 5.85. The van der Waals surface area contributed by atoms with Gasteiger partial charge < -0.3 is 10.3 Å². The highest BCUT2D eigenvalue weighted by Crippen LogP contribution is 2.18. The Morgan fingerprint density at radius 2 is 1.89 bits per heavy atom. The van der Waals surface area contributed by atoms with Crippen molar-refractivity contribution in [2.45, 2.75) is 32.9 Å². The van der Waals surface area contributed by atoms with Gasteiger partial charge in [-0.25, -0.2) is 8.78 Å². The topological polar surface area (TPSA) is 56.7 Å². The predicted molar refractivity (Wildman–Crippen MR) is 67.5 cm³/mol. The van der Waals surface area contributed by atoms with Crippen molar-refractivity contribution in [2.75, 3.05) is 0 Å². The minimum absolute atomic E-state index is 0.111. The largest absolute Gasteiger partial charge is 0.324 e. The maximum absolute atomic E-state index is 13.7. The summed E-state index contributed by atoms with van der Waals surface area (Å²) in [5.74, 6) is -0.468. The molecule has 0 unspecified atom stereocenters. The van der Waals surface area contributed by atoms with Crippen LogP contribution in [0.15, 0.2) is 18.2 Å². The lowest BCUT2D eigenvalue weighted by Gasteiger charge is -2.13. The van der Waals surface area contributed by atoms with Gasteiger partial charge in [0.15, 0.2) is 11.6 Å². The molecule has 0 spiro atoms. The fraction of sp³-hybridized carbons (Fsp3) is 0.385. The fourth-order valence-electron chi connectivity index (χ4n) is 2.07. The quantitative estimate of drug-likeness (QED) is 0.922. The van der Waals surface area contributed by atoms with E-state index in [-0.39, 0.29) is 24.6 Å². The molecule has 2 N–H and O–H groups in total. The molecule has 0 bridgehead atoms. The Morgan fingerprint density at radius 1 is 1.21 bits per heavy atom. The molecule has 0 atom stereocenters. The Bertz CT molecular complexity index is 578. The molecule has 0 saturated heterocycles. The van der Waals surface area contributed by atoms with Crippen molar-refractivity contribution in [1.82, 2.24) is 14.8 Å². The molecule has 2 aromatic rings. The van der Waals surface area contributed by atoms with Gasteiger partial charge in [0.25, 0.3) is 0 Å². The number of aromatic nitrogens is 3. The van der Waals surface area contributed by atoms with E-state index in [0.29, 0.717) is 11.6 Å². The lowest BCUT2D eigenvalue weighted by Crippen LogP contribution is -2.14. The summed E-state index contributed by atoms with van der Waals surface area (Å²) in [7, 11) is 0. The zero-order chi connectivity index (χ0) is 14.0. The Morgan fingerprint density at radius 3 is 2.53 bits per heavy atom. The van der Waals surface area contributed by atoms with Gasteiger partial charge in [-0.15, -0.1) is 10.2 Å². The first kappa shape index (κ1) is 13.6. The zero-order valence-corrected chi connectivity index (χ0v) is 10.9. The molecule has 2 rings (SSSR count). The first-order valence-electron chi connectivity index (χ1n) is 6.10. The van der Waals surface area contributed by atoms with Crippen molar-refractivity contribution in [3.63, 3.8) is 0 Å². The summed E-state index contributed by atoms with van der Waals surface area (Å²) < 4.78 is 28.7. The fourth-order valence-corrected chi connectivity index (χ4v) is 2.07. The minimum Gasteiger partial charge on any atom is -0.324 e. The molecule has 0 aliphatic heterocycles. The van der Waals surface area contributed by atoms with Crippen molar-refractivity contribution in [1.29, 1.82) is 0 Å². The number of rotatable bonds is 4. The monoisotopic (exact) mass is 266 g/mol. The van der Waals surface area contributed by atoms with Crippen LogP contribution in [0.2, 0.25) is 0 Å². The average molecular weight is 266 g/mol. The van der Waals surface area contributed by atoms with Crippen LogP contribution in [0.4, 0.5) is 8.78 Å². The third-order valence-corrected chi connectivity index (χ3v) is 2.92. The number of hydrogen-bond donors (Lipinski definition) is 1. The van der Waals surface area contributed by atoms with Crippen LogP contribution in [0, 0.1) is 11.6 Å². The highest BCUT2D eigenvalue weighted by atomic mass is 19.2. The van der Waals surface area contributed by atoms with Gasteiger partial charge in [-0.1, -0.05) is 12.1 Å². The van der Waals surface area contributed by atoms with Crippen LogP contribution in [0.1, 0.15) is 37.1 Å². The normalized spacial score (nSPS) is 11.3. The highest BCUT2D eigenvalue weighted by molar-refractivity contribution is 5.22. The van der Waals surface area contributed by atoms with Crippen LogP contribution >= 0.6 is 0 Å².